The third kappa shape index (κ3) is 71.1. The largest absolute Gasteiger partial charge is 0.472 e. The van der Waals surface area contributed by atoms with Crippen LogP contribution in [0.25, 0.3) is 0 Å². The highest BCUT2D eigenvalue weighted by Crippen LogP contribution is 2.45. The van der Waals surface area contributed by atoms with Gasteiger partial charge in [-0.2, -0.15) is 0 Å². The van der Waals surface area contributed by atoms with Crippen molar-refractivity contribution in [2.45, 2.75) is 432 Å². The van der Waals surface area contributed by atoms with Crippen LogP contribution in [0.15, 0.2) is 0 Å². The van der Waals surface area contributed by atoms with E-state index >= 15 is 0 Å². The van der Waals surface area contributed by atoms with Crippen LogP contribution in [-0.4, -0.2) is 96.7 Å². The molecule has 3 N–H and O–H groups in total. The molecule has 0 aliphatic carbocycles. The molecular weight excluding hydrogens is 1280 g/mol. The number of ether oxygens (including phenoxy) is 4. The van der Waals surface area contributed by atoms with E-state index in [0.717, 1.165) is 108 Å². The minimum Gasteiger partial charge on any atom is -0.462 e. The van der Waals surface area contributed by atoms with E-state index in [4.69, 9.17) is 37.0 Å². The maximum absolute atomic E-state index is 13.1. The smallest absolute Gasteiger partial charge is 0.462 e. The van der Waals surface area contributed by atoms with E-state index in [1.807, 2.05) is 0 Å². The molecule has 0 spiro atoms. The van der Waals surface area contributed by atoms with E-state index < -0.39 is 97.5 Å². The van der Waals surface area contributed by atoms with Crippen molar-refractivity contribution in [3.05, 3.63) is 0 Å². The molecule has 0 saturated carbocycles. The molecule has 98 heavy (non-hydrogen) atoms. The van der Waals surface area contributed by atoms with Crippen LogP contribution in [-0.2, 0) is 65.4 Å². The third-order valence-electron chi connectivity index (χ3n) is 18.8. The summed E-state index contributed by atoms with van der Waals surface area (Å²) < 4.78 is 68.6. The Morgan fingerprint density at radius 2 is 0.520 bits per heavy atom. The maximum Gasteiger partial charge on any atom is 0.472 e. The summed E-state index contributed by atoms with van der Waals surface area (Å²) in [5.41, 5.74) is 0. The van der Waals surface area contributed by atoms with Crippen LogP contribution >= 0.6 is 15.6 Å². The highest BCUT2D eigenvalue weighted by atomic mass is 31.2. The number of carbonyl (C=O) groups is 4. The molecule has 0 aliphatic heterocycles. The first-order chi connectivity index (χ1) is 47.4. The Balaban J connectivity index is 5.23. The summed E-state index contributed by atoms with van der Waals surface area (Å²) in [4.78, 5) is 72.9. The Labute approximate surface area is 600 Å². The standard InChI is InChI=1S/C79H154O17P2/c1-7-10-12-14-16-18-20-22-24-26-28-30-32-34-38-42-49-55-61-76(81)89-67-74(95-78(83)63-57-51-43-39-35-33-31-29-27-25-23-21-19-17-15-13-11-8-2)69-93-97(85,86)91-65-73(80)66-92-98(87,88)94-70-75(68-90-77(82)62-56-50-46-45-48-54-60-72(6)9-3)96-79(84)64-58-52-44-40-36-37-41-47-53-59-71(4)5/h71-75,80H,7-70H2,1-6H3,(H,85,86)(H,87,88)/t72?,73-,74-,75-/m1/s1. The van der Waals surface area contributed by atoms with E-state index in [-0.39, 0.29) is 25.7 Å². The molecule has 19 heteroatoms. The van der Waals surface area contributed by atoms with Gasteiger partial charge in [-0.1, -0.05) is 363 Å². The van der Waals surface area contributed by atoms with E-state index in [1.165, 1.54) is 225 Å². The molecule has 0 rings (SSSR count). The van der Waals surface area contributed by atoms with Crippen LogP contribution in [0, 0.1) is 11.8 Å². The maximum atomic E-state index is 13.1. The van der Waals surface area contributed by atoms with Crippen LogP contribution in [0.5, 0.6) is 0 Å². The van der Waals surface area contributed by atoms with Crippen molar-refractivity contribution in [3.63, 3.8) is 0 Å². The number of rotatable bonds is 78. The van der Waals surface area contributed by atoms with Crippen LogP contribution in [0.3, 0.4) is 0 Å². The molecule has 0 bridgehead atoms. The Morgan fingerprint density at radius 3 is 0.776 bits per heavy atom. The number of phosphoric acid groups is 2. The molecule has 0 aromatic heterocycles. The Morgan fingerprint density at radius 1 is 0.296 bits per heavy atom. The number of carbonyl (C=O) groups excluding carboxylic acids is 4. The number of hydrogen-bond donors (Lipinski definition) is 3. The second kappa shape index (κ2) is 70.7. The van der Waals surface area contributed by atoms with Crippen LogP contribution in [0.4, 0.5) is 0 Å². The lowest BCUT2D eigenvalue weighted by Gasteiger charge is -2.21. The zero-order valence-electron chi connectivity index (χ0n) is 64.1. The molecule has 17 nitrogen and oxygen atoms in total. The summed E-state index contributed by atoms with van der Waals surface area (Å²) in [6.07, 6.45) is 59.8. The second-order valence-corrected chi connectivity index (χ2v) is 32.1. The third-order valence-corrected chi connectivity index (χ3v) is 20.7. The van der Waals surface area contributed by atoms with Gasteiger partial charge in [-0.25, -0.2) is 9.13 Å². The molecule has 582 valence electrons. The van der Waals surface area contributed by atoms with Gasteiger partial charge in [-0.15, -0.1) is 0 Å². The lowest BCUT2D eigenvalue weighted by molar-refractivity contribution is -0.161. The number of aliphatic hydroxyl groups is 1. The monoisotopic (exact) mass is 1440 g/mol. The first-order valence-electron chi connectivity index (χ1n) is 41.0. The summed E-state index contributed by atoms with van der Waals surface area (Å²) in [7, 11) is -9.92. The Hall–Kier alpha value is -1.94. The quantitative estimate of drug-likeness (QED) is 0.0222. The van der Waals surface area contributed by atoms with Gasteiger partial charge in [-0.05, 0) is 37.5 Å². The van der Waals surface area contributed by atoms with Gasteiger partial charge < -0.3 is 33.8 Å². The number of esters is 4. The van der Waals surface area contributed by atoms with E-state index in [0.29, 0.717) is 25.7 Å². The molecule has 0 amide bonds. The summed E-state index contributed by atoms with van der Waals surface area (Å²) in [6.45, 7) is 9.55. The molecule has 3 unspecified atom stereocenters. The molecule has 6 atom stereocenters. The molecule has 0 radical (unpaired) electrons. The van der Waals surface area contributed by atoms with Gasteiger partial charge in [0.1, 0.15) is 19.3 Å². The lowest BCUT2D eigenvalue weighted by Crippen LogP contribution is -2.30. The van der Waals surface area contributed by atoms with Crippen LogP contribution in [0.2, 0.25) is 0 Å². The zero-order chi connectivity index (χ0) is 72.1. The predicted molar refractivity (Wildman–Crippen MR) is 400 cm³/mol. The van der Waals surface area contributed by atoms with Gasteiger partial charge >= 0.3 is 39.5 Å². The minimum atomic E-state index is -4.96. The average Bonchev–Trinajstić information content (AvgIpc) is 0.937. The summed E-state index contributed by atoms with van der Waals surface area (Å²) >= 11 is 0. The Bertz CT molecular complexity index is 1890. The summed E-state index contributed by atoms with van der Waals surface area (Å²) in [5.74, 6) is -0.646. The molecule has 0 fully saturated rings. The number of unbranched alkanes of at least 4 members (excludes halogenated alkanes) is 47. The average molecular weight is 1440 g/mol. The fourth-order valence-corrected chi connectivity index (χ4v) is 13.7. The normalized spacial score (nSPS) is 14.2. The summed E-state index contributed by atoms with van der Waals surface area (Å²) in [5, 5.41) is 10.6. The minimum absolute atomic E-state index is 0.105. The van der Waals surface area contributed by atoms with E-state index in [9.17, 15) is 43.2 Å². The highest BCUT2D eigenvalue weighted by Gasteiger charge is 2.30. The van der Waals surface area contributed by atoms with Gasteiger partial charge in [-0.3, -0.25) is 37.3 Å². The number of phosphoric ester groups is 2. The van der Waals surface area contributed by atoms with Crippen molar-refractivity contribution in [3.8, 4) is 0 Å². The zero-order valence-corrected chi connectivity index (χ0v) is 65.9. The summed E-state index contributed by atoms with van der Waals surface area (Å²) in [6, 6.07) is 0. The van der Waals surface area contributed by atoms with Crippen LogP contribution < -0.4 is 0 Å². The fourth-order valence-electron chi connectivity index (χ4n) is 12.2. The van der Waals surface area contributed by atoms with Crippen molar-refractivity contribution < 1.29 is 80.2 Å². The van der Waals surface area contributed by atoms with Crippen LogP contribution in [0.1, 0.15) is 414 Å². The van der Waals surface area contributed by atoms with Crippen molar-refractivity contribution in [1.29, 1.82) is 0 Å². The van der Waals surface area contributed by atoms with Gasteiger partial charge in [0.2, 0.25) is 0 Å². The first-order valence-corrected chi connectivity index (χ1v) is 44.0. The molecule has 0 saturated heterocycles. The van der Waals surface area contributed by atoms with Gasteiger partial charge in [0, 0.05) is 25.7 Å². The van der Waals surface area contributed by atoms with Crippen molar-refractivity contribution in [2.75, 3.05) is 39.6 Å². The van der Waals surface area contributed by atoms with E-state index in [1.54, 1.807) is 0 Å². The molecular formula is C79H154O17P2. The first kappa shape index (κ1) is 96.1. The number of aliphatic hydroxyl groups excluding tert-OH is 1. The Kier molecular flexibility index (Phi) is 69.3. The fraction of sp³-hybridized carbons (Fsp3) is 0.949. The second-order valence-electron chi connectivity index (χ2n) is 29.2. The number of hydrogen-bond acceptors (Lipinski definition) is 15. The lowest BCUT2D eigenvalue weighted by atomic mass is 10.00. The SMILES string of the molecule is CCCCCCCCCCCCCCCCCCCCC(=O)OC[C@H](COP(=O)(O)OC[C@@H](O)COP(=O)(O)OC[C@@H](COC(=O)CCCCCCCCC(C)CC)OC(=O)CCCCCCCCCCCC(C)C)OC(=O)CCCCCCCCCCCCCCCCCCCC. The molecule has 0 aromatic rings. The predicted octanol–water partition coefficient (Wildman–Crippen LogP) is 23.5. The van der Waals surface area contributed by atoms with E-state index in [2.05, 4.69) is 41.5 Å². The van der Waals surface area contributed by atoms with Crippen molar-refractivity contribution >= 4 is 39.5 Å². The molecule has 0 aliphatic rings. The van der Waals surface area contributed by atoms with Crippen molar-refractivity contribution in [2.24, 2.45) is 11.8 Å². The van der Waals surface area contributed by atoms with Gasteiger partial charge in [0.15, 0.2) is 12.2 Å². The van der Waals surface area contributed by atoms with Gasteiger partial charge in [0.05, 0.1) is 26.4 Å². The van der Waals surface area contributed by atoms with Gasteiger partial charge in [0.25, 0.3) is 0 Å². The molecule has 0 heterocycles. The highest BCUT2D eigenvalue weighted by molar-refractivity contribution is 7.47. The topological polar surface area (TPSA) is 237 Å². The molecule has 0 aromatic carbocycles. The van der Waals surface area contributed by atoms with Crippen molar-refractivity contribution in [1.82, 2.24) is 0 Å².